The first kappa shape index (κ1) is 14.8. The standard InChI is InChI=1S/C17H17NO3/c1-11-4-9-15(12(2)10-11)18-16(19)13-5-7-14(8-6-13)17(20)21-3/h4-10H,1-3H3,(H,18,19). The van der Waals surface area contributed by atoms with Crippen molar-refractivity contribution in [3.05, 3.63) is 64.7 Å². The average Bonchev–Trinajstić information content (AvgIpc) is 2.49. The number of nitrogens with one attached hydrogen (secondary N) is 1. The van der Waals surface area contributed by atoms with Crippen LogP contribution in [0.3, 0.4) is 0 Å². The van der Waals surface area contributed by atoms with Crippen molar-refractivity contribution in [3.63, 3.8) is 0 Å². The van der Waals surface area contributed by atoms with E-state index in [1.807, 2.05) is 32.0 Å². The smallest absolute Gasteiger partial charge is 0.337 e. The Morgan fingerprint density at radius 3 is 2.14 bits per heavy atom. The van der Waals surface area contributed by atoms with E-state index in [4.69, 9.17) is 0 Å². The number of anilines is 1. The fraction of sp³-hybridized carbons (Fsp3) is 0.176. The van der Waals surface area contributed by atoms with Crippen LogP contribution < -0.4 is 5.32 Å². The first-order valence-electron chi connectivity index (χ1n) is 6.58. The molecule has 0 aliphatic heterocycles. The molecule has 4 heteroatoms. The molecule has 2 rings (SSSR count). The van der Waals surface area contributed by atoms with Crippen LogP contribution in [-0.4, -0.2) is 19.0 Å². The number of amides is 1. The number of benzene rings is 2. The highest BCUT2D eigenvalue weighted by molar-refractivity contribution is 6.05. The molecule has 0 aliphatic carbocycles. The van der Waals surface area contributed by atoms with Crippen molar-refractivity contribution in [3.8, 4) is 0 Å². The highest BCUT2D eigenvalue weighted by Gasteiger charge is 2.10. The Bertz CT molecular complexity index is 675. The second-order valence-electron chi connectivity index (χ2n) is 4.84. The zero-order chi connectivity index (χ0) is 15.4. The molecule has 0 unspecified atom stereocenters. The Morgan fingerprint density at radius 1 is 0.952 bits per heavy atom. The van der Waals surface area contributed by atoms with Crippen LogP contribution in [0.4, 0.5) is 5.69 Å². The summed E-state index contributed by atoms with van der Waals surface area (Å²) in [6.07, 6.45) is 0. The molecule has 1 amide bonds. The number of carbonyl (C=O) groups excluding carboxylic acids is 2. The van der Waals surface area contributed by atoms with Gasteiger partial charge in [0.05, 0.1) is 12.7 Å². The molecule has 2 aromatic carbocycles. The second-order valence-corrected chi connectivity index (χ2v) is 4.84. The number of carbonyl (C=O) groups is 2. The van der Waals surface area contributed by atoms with Gasteiger partial charge in [0.25, 0.3) is 5.91 Å². The average molecular weight is 283 g/mol. The zero-order valence-electron chi connectivity index (χ0n) is 12.3. The quantitative estimate of drug-likeness (QED) is 0.879. The molecular weight excluding hydrogens is 266 g/mol. The predicted molar refractivity (Wildman–Crippen MR) is 81.7 cm³/mol. The minimum absolute atomic E-state index is 0.210. The van der Waals surface area contributed by atoms with Crippen molar-refractivity contribution >= 4 is 17.6 Å². The fourth-order valence-electron chi connectivity index (χ4n) is 2.02. The van der Waals surface area contributed by atoms with Gasteiger partial charge in [-0.05, 0) is 49.7 Å². The first-order chi connectivity index (χ1) is 10.0. The fourth-order valence-corrected chi connectivity index (χ4v) is 2.02. The Balaban J connectivity index is 2.15. The van der Waals surface area contributed by atoms with Crippen LogP contribution in [0.15, 0.2) is 42.5 Å². The van der Waals surface area contributed by atoms with Gasteiger partial charge in [-0.1, -0.05) is 17.7 Å². The van der Waals surface area contributed by atoms with Crippen molar-refractivity contribution in [1.82, 2.24) is 0 Å². The van der Waals surface area contributed by atoms with E-state index in [2.05, 4.69) is 10.1 Å². The molecule has 21 heavy (non-hydrogen) atoms. The van der Waals surface area contributed by atoms with Gasteiger partial charge in [-0.25, -0.2) is 4.79 Å². The lowest BCUT2D eigenvalue weighted by molar-refractivity contribution is 0.0600. The number of hydrogen-bond acceptors (Lipinski definition) is 3. The van der Waals surface area contributed by atoms with E-state index in [0.717, 1.165) is 16.8 Å². The summed E-state index contributed by atoms with van der Waals surface area (Å²) in [6.45, 7) is 3.95. The summed E-state index contributed by atoms with van der Waals surface area (Å²) >= 11 is 0. The van der Waals surface area contributed by atoms with Gasteiger partial charge in [0.2, 0.25) is 0 Å². The maximum Gasteiger partial charge on any atom is 0.337 e. The minimum Gasteiger partial charge on any atom is -0.465 e. The molecule has 1 N–H and O–H groups in total. The maximum atomic E-state index is 12.2. The third kappa shape index (κ3) is 3.48. The number of aryl methyl sites for hydroxylation is 2. The molecule has 0 heterocycles. The van der Waals surface area contributed by atoms with Gasteiger partial charge in [0, 0.05) is 11.3 Å². The Kier molecular flexibility index (Phi) is 4.38. The summed E-state index contributed by atoms with van der Waals surface area (Å²) in [7, 11) is 1.32. The van der Waals surface area contributed by atoms with Gasteiger partial charge in [0.1, 0.15) is 0 Å². The highest BCUT2D eigenvalue weighted by Crippen LogP contribution is 2.17. The summed E-state index contributed by atoms with van der Waals surface area (Å²) in [4.78, 5) is 23.5. The zero-order valence-corrected chi connectivity index (χ0v) is 12.3. The van der Waals surface area contributed by atoms with E-state index >= 15 is 0 Å². The molecule has 0 saturated heterocycles. The number of methoxy groups -OCH3 is 1. The monoisotopic (exact) mass is 283 g/mol. The molecular formula is C17H17NO3. The van der Waals surface area contributed by atoms with Crippen molar-refractivity contribution in [1.29, 1.82) is 0 Å². The number of esters is 1. The molecule has 0 spiro atoms. The van der Waals surface area contributed by atoms with Crippen LogP contribution in [0.1, 0.15) is 31.8 Å². The molecule has 0 aliphatic rings. The lowest BCUT2D eigenvalue weighted by Gasteiger charge is -2.09. The van der Waals surface area contributed by atoms with E-state index in [-0.39, 0.29) is 5.91 Å². The number of ether oxygens (including phenoxy) is 1. The van der Waals surface area contributed by atoms with Gasteiger partial charge in [-0.2, -0.15) is 0 Å². The second kappa shape index (κ2) is 6.22. The minimum atomic E-state index is -0.420. The van der Waals surface area contributed by atoms with Gasteiger partial charge < -0.3 is 10.1 Å². The van der Waals surface area contributed by atoms with Crippen LogP contribution >= 0.6 is 0 Å². The van der Waals surface area contributed by atoms with Gasteiger partial charge in [-0.3, -0.25) is 4.79 Å². The van der Waals surface area contributed by atoms with Crippen molar-refractivity contribution < 1.29 is 14.3 Å². The molecule has 0 atom stereocenters. The molecule has 0 fully saturated rings. The topological polar surface area (TPSA) is 55.4 Å². The van der Waals surface area contributed by atoms with Crippen LogP contribution in [0.2, 0.25) is 0 Å². The molecule has 0 bridgehead atoms. The van der Waals surface area contributed by atoms with Gasteiger partial charge in [-0.15, -0.1) is 0 Å². The summed E-state index contributed by atoms with van der Waals surface area (Å²) in [5.41, 5.74) is 3.84. The third-order valence-electron chi connectivity index (χ3n) is 3.20. The van der Waals surface area contributed by atoms with Gasteiger partial charge >= 0.3 is 5.97 Å². The predicted octanol–water partition coefficient (Wildman–Crippen LogP) is 3.34. The van der Waals surface area contributed by atoms with Crippen LogP contribution in [0, 0.1) is 13.8 Å². The Labute approximate surface area is 123 Å². The largest absolute Gasteiger partial charge is 0.465 e. The van der Waals surface area contributed by atoms with Crippen molar-refractivity contribution in [2.45, 2.75) is 13.8 Å². The van der Waals surface area contributed by atoms with Crippen LogP contribution in [0.5, 0.6) is 0 Å². The van der Waals surface area contributed by atoms with E-state index in [1.54, 1.807) is 24.3 Å². The van der Waals surface area contributed by atoms with Crippen molar-refractivity contribution in [2.24, 2.45) is 0 Å². The number of hydrogen-bond donors (Lipinski definition) is 1. The Morgan fingerprint density at radius 2 is 1.57 bits per heavy atom. The SMILES string of the molecule is COC(=O)c1ccc(C(=O)Nc2ccc(C)cc2C)cc1. The highest BCUT2D eigenvalue weighted by atomic mass is 16.5. The molecule has 0 saturated carbocycles. The van der Waals surface area contributed by atoms with E-state index < -0.39 is 5.97 Å². The third-order valence-corrected chi connectivity index (χ3v) is 3.20. The summed E-state index contributed by atoms with van der Waals surface area (Å²) in [5.74, 6) is -0.630. The molecule has 108 valence electrons. The first-order valence-corrected chi connectivity index (χ1v) is 6.58. The summed E-state index contributed by atoms with van der Waals surface area (Å²) < 4.78 is 4.62. The van der Waals surface area contributed by atoms with Crippen LogP contribution in [0.25, 0.3) is 0 Å². The summed E-state index contributed by atoms with van der Waals surface area (Å²) in [5, 5.41) is 2.86. The van der Waals surface area contributed by atoms with E-state index in [0.29, 0.717) is 11.1 Å². The van der Waals surface area contributed by atoms with E-state index in [1.165, 1.54) is 7.11 Å². The van der Waals surface area contributed by atoms with Gasteiger partial charge in [0.15, 0.2) is 0 Å². The lowest BCUT2D eigenvalue weighted by atomic mass is 10.1. The van der Waals surface area contributed by atoms with E-state index in [9.17, 15) is 9.59 Å². The maximum absolute atomic E-state index is 12.2. The molecule has 0 aromatic heterocycles. The molecule has 4 nitrogen and oxygen atoms in total. The lowest BCUT2D eigenvalue weighted by Crippen LogP contribution is -2.13. The van der Waals surface area contributed by atoms with Crippen LogP contribution in [-0.2, 0) is 4.74 Å². The molecule has 2 aromatic rings. The summed E-state index contributed by atoms with van der Waals surface area (Å²) in [6, 6.07) is 12.2. The normalized spacial score (nSPS) is 10.0. The molecule has 0 radical (unpaired) electrons. The number of rotatable bonds is 3. The van der Waals surface area contributed by atoms with Crippen molar-refractivity contribution in [2.75, 3.05) is 12.4 Å². The Hall–Kier alpha value is -2.62.